The van der Waals surface area contributed by atoms with Crippen LogP contribution in [0.15, 0.2) is 229 Å². The summed E-state index contributed by atoms with van der Waals surface area (Å²) >= 11 is 0. The van der Waals surface area contributed by atoms with E-state index in [0.717, 1.165) is 83.1 Å². The first-order valence-corrected chi connectivity index (χ1v) is 20.2. The molecule has 0 unspecified atom stereocenters. The minimum absolute atomic E-state index is 0.519. The van der Waals surface area contributed by atoms with Crippen LogP contribution < -0.4 is 4.90 Å². The van der Waals surface area contributed by atoms with Gasteiger partial charge in [0.05, 0.1) is 11.4 Å². The van der Waals surface area contributed by atoms with Gasteiger partial charge in [-0.3, -0.25) is 4.98 Å². The average molecular weight is 768 g/mol. The Morgan fingerprint density at radius 1 is 0.400 bits per heavy atom. The molecule has 282 valence electrons. The van der Waals surface area contributed by atoms with Gasteiger partial charge in [-0.05, 0) is 98.1 Å². The van der Waals surface area contributed by atoms with Crippen molar-refractivity contribution in [3.8, 4) is 56.1 Å². The Bertz CT molecular complexity index is 3290. The molecule has 9 aromatic carbocycles. The summed E-state index contributed by atoms with van der Waals surface area (Å²) in [5.74, 6) is 0.519. The van der Waals surface area contributed by atoms with Crippen LogP contribution in [0.2, 0.25) is 0 Å². The Labute approximate surface area is 348 Å². The van der Waals surface area contributed by atoms with E-state index in [-0.39, 0.29) is 0 Å². The fourth-order valence-corrected chi connectivity index (χ4v) is 8.43. The third kappa shape index (κ3) is 6.37. The Morgan fingerprint density at radius 2 is 0.917 bits per heavy atom. The van der Waals surface area contributed by atoms with E-state index < -0.39 is 0 Å². The molecule has 2 heterocycles. The SMILES string of the molecule is c1ccc(-c2ccc(-c3ccccc3N(c3ccc(-c4ccc5ccc6ccc7nc(-c8ccccn8)oc7c6c5c4)cc3)c3ccccc3-c3ccccc3)cc2)cc1. The molecule has 11 aromatic rings. The number of anilines is 3. The Hall–Kier alpha value is -8.08. The van der Waals surface area contributed by atoms with Crippen LogP contribution in [0.25, 0.3) is 88.7 Å². The summed E-state index contributed by atoms with van der Waals surface area (Å²) < 4.78 is 6.48. The fraction of sp³-hybridized carbons (Fsp3) is 0. The van der Waals surface area contributed by atoms with Crippen molar-refractivity contribution < 1.29 is 4.42 Å². The molecule has 0 amide bonds. The quantitative estimate of drug-likeness (QED) is 0.144. The predicted octanol–water partition coefficient (Wildman–Crippen LogP) is 15.3. The number of para-hydroxylation sites is 2. The maximum atomic E-state index is 6.48. The maximum Gasteiger partial charge on any atom is 0.246 e. The molecule has 0 N–H and O–H groups in total. The Morgan fingerprint density at radius 3 is 1.62 bits per heavy atom. The molecule has 4 heteroatoms. The maximum absolute atomic E-state index is 6.48. The Kier molecular flexibility index (Phi) is 8.79. The first kappa shape index (κ1) is 35.1. The van der Waals surface area contributed by atoms with Crippen LogP contribution in [-0.2, 0) is 0 Å². The van der Waals surface area contributed by atoms with Crippen molar-refractivity contribution in [1.29, 1.82) is 0 Å². The summed E-state index contributed by atoms with van der Waals surface area (Å²) in [6.07, 6.45) is 1.76. The molecular weight excluding hydrogens is 731 g/mol. The van der Waals surface area contributed by atoms with Crippen LogP contribution in [-0.4, -0.2) is 9.97 Å². The number of nitrogens with zero attached hydrogens (tertiary/aromatic N) is 3. The highest BCUT2D eigenvalue weighted by molar-refractivity contribution is 6.18. The smallest absolute Gasteiger partial charge is 0.246 e. The number of fused-ring (bicyclic) bond motifs is 5. The molecule has 4 nitrogen and oxygen atoms in total. The average Bonchev–Trinajstić information content (AvgIpc) is 3.78. The van der Waals surface area contributed by atoms with E-state index >= 15 is 0 Å². The first-order chi connectivity index (χ1) is 29.7. The largest absolute Gasteiger partial charge is 0.434 e. The second kappa shape index (κ2) is 15.0. The molecule has 0 bridgehead atoms. The number of pyridine rings is 1. The van der Waals surface area contributed by atoms with Gasteiger partial charge in [-0.15, -0.1) is 0 Å². The lowest BCUT2D eigenvalue weighted by Crippen LogP contribution is -2.12. The second-order valence-electron chi connectivity index (χ2n) is 15.0. The number of rotatable bonds is 8. The molecule has 0 aliphatic rings. The van der Waals surface area contributed by atoms with E-state index in [2.05, 4.69) is 204 Å². The number of hydrogen-bond acceptors (Lipinski definition) is 4. The molecule has 0 aliphatic heterocycles. The van der Waals surface area contributed by atoms with Crippen LogP contribution in [0.4, 0.5) is 17.1 Å². The van der Waals surface area contributed by atoms with Gasteiger partial charge in [0.1, 0.15) is 11.2 Å². The van der Waals surface area contributed by atoms with Crippen LogP contribution in [0.3, 0.4) is 0 Å². The molecule has 0 saturated carbocycles. The van der Waals surface area contributed by atoms with E-state index in [4.69, 9.17) is 9.40 Å². The normalized spacial score (nSPS) is 11.3. The molecule has 11 rings (SSSR count). The third-order valence-electron chi connectivity index (χ3n) is 11.4. The van der Waals surface area contributed by atoms with Gasteiger partial charge in [0.2, 0.25) is 5.89 Å². The van der Waals surface area contributed by atoms with Gasteiger partial charge in [-0.1, -0.05) is 170 Å². The third-order valence-corrected chi connectivity index (χ3v) is 11.4. The van der Waals surface area contributed by atoms with Crippen molar-refractivity contribution in [2.24, 2.45) is 0 Å². The lowest BCUT2D eigenvalue weighted by Gasteiger charge is -2.30. The molecule has 0 aliphatic carbocycles. The van der Waals surface area contributed by atoms with Gasteiger partial charge < -0.3 is 9.32 Å². The van der Waals surface area contributed by atoms with Crippen molar-refractivity contribution in [3.63, 3.8) is 0 Å². The van der Waals surface area contributed by atoms with E-state index in [1.165, 1.54) is 11.1 Å². The summed E-state index contributed by atoms with van der Waals surface area (Å²) in [5, 5.41) is 4.42. The number of aromatic nitrogens is 2. The second-order valence-corrected chi connectivity index (χ2v) is 15.0. The Balaban J connectivity index is 1.03. The van der Waals surface area contributed by atoms with Gasteiger partial charge in [-0.2, -0.15) is 0 Å². The van der Waals surface area contributed by atoms with Crippen LogP contribution in [0.5, 0.6) is 0 Å². The molecular formula is C56H37N3O. The molecule has 0 fully saturated rings. The standard InChI is InChI=1S/C56H37N3O/c1-3-13-38(14-4-1)39-22-24-42(25-23-39)48-18-8-10-21-53(48)59(52-20-9-7-17-47(52)41-15-5-2-6-16-41)46-33-30-40(31-34-46)45-29-27-43-26-28-44-32-35-50-55(54(44)49(43)37-45)60-56(58-50)51-19-11-12-36-57-51/h1-37H. The van der Waals surface area contributed by atoms with Crippen LogP contribution in [0, 0.1) is 0 Å². The first-order valence-electron chi connectivity index (χ1n) is 20.2. The van der Waals surface area contributed by atoms with Crippen molar-refractivity contribution >= 4 is 49.7 Å². The summed E-state index contributed by atoms with van der Waals surface area (Å²) in [4.78, 5) is 11.7. The van der Waals surface area contributed by atoms with Crippen LogP contribution >= 0.6 is 0 Å². The topological polar surface area (TPSA) is 42.2 Å². The monoisotopic (exact) mass is 767 g/mol. The number of benzene rings is 9. The lowest BCUT2D eigenvalue weighted by molar-refractivity contribution is 0.620. The highest BCUT2D eigenvalue weighted by Crippen LogP contribution is 2.45. The molecule has 0 radical (unpaired) electrons. The van der Waals surface area contributed by atoms with E-state index in [0.29, 0.717) is 11.6 Å². The van der Waals surface area contributed by atoms with Crippen LogP contribution in [0.1, 0.15) is 0 Å². The number of oxazole rings is 1. The van der Waals surface area contributed by atoms with Gasteiger partial charge in [0, 0.05) is 28.4 Å². The molecule has 2 aromatic heterocycles. The fourth-order valence-electron chi connectivity index (χ4n) is 8.43. The van der Waals surface area contributed by atoms with Gasteiger partial charge in [0.25, 0.3) is 0 Å². The molecule has 0 atom stereocenters. The summed E-state index contributed by atoms with van der Waals surface area (Å²) in [7, 11) is 0. The summed E-state index contributed by atoms with van der Waals surface area (Å²) in [6, 6.07) is 77.4. The molecule has 60 heavy (non-hydrogen) atoms. The van der Waals surface area contributed by atoms with Crippen molar-refractivity contribution in [2.75, 3.05) is 4.90 Å². The zero-order valence-corrected chi connectivity index (χ0v) is 32.6. The summed E-state index contributed by atoms with van der Waals surface area (Å²) in [5.41, 5.74) is 14.8. The molecule has 0 spiro atoms. The molecule has 0 saturated heterocycles. The predicted molar refractivity (Wildman–Crippen MR) is 249 cm³/mol. The van der Waals surface area contributed by atoms with E-state index in [1.807, 2.05) is 24.3 Å². The lowest BCUT2D eigenvalue weighted by atomic mass is 9.96. The van der Waals surface area contributed by atoms with Gasteiger partial charge in [0.15, 0.2) is 5.58 Å². The van der Waals surface area contributed by atoms with Gasteiger partial charge >= 0.3 is 0 Å². The minimum Gasteiger partial charge on any atom is -0.434 e. The number of hydrogen-bond donors (Lipinski definition) is 0. The van der Waals surface area contributed by atoms with E-state index in [1.54, 1.807) is 6.20 Å². The van der Waals surface area contributed by atoms with Crippen molar-refractivity contribution in [2.45, 2.75) is 0 Å². The zero-order chi connectivity index (χ0) is 39.8. The highest BCUT2D eigenvalue weighted by Gasteiger charge is 2.21. The highest BCUT2D eigenvalue weighted by atomic mass is 16.3. The van der Waals surface area contributed by atoms with Gasteiger partial charge in [-0.25, -0.2) is 4.98 Å². The zero-order valence-electron chi connectivity index (χ0n) is 32.6. The van der Waals surface area contributed by atoms with Crippen molar-refractivity contribution in [3.05, 3.63) is 225 Å². The van der Waals surface area contributed by atoms with E-state index in [9.17, 15) is 0 Å². The minimum atomic E-state index is 0.519. The van der Waals surface area contributed by atoms with Crippen molar-refractivity contribution in [1.82, 2.24) is 9.97 Å². The summed E-state index contributed by atoms with van der Waals surface area (Å²) in [6.45, 7) is 0.